The molecule has 1 heterocycles. The molecular weight excluding hydrogens is 224 g/mol. The largest absolute Gasteiger partial charge is 0.385 e. The van der Waals surface area contributed by atoms with Gasteiger partial charge in [-0.15, -0.1) is 0 Å². The molecule has 1 N–H and O–H groups in total. The number of hydrogen-bond donors (Lipinski definition) is 1. The van der Waals surface area contributed by atoms with E-state index in [1.54, 1.807) is 7.11 Å². The van der Waals surface area contributed by atoms with Crippen LogP contribution >= 0.6 is 0 Å². The Balaban J connectivity index is 1.76. The number of nitrogens with zero attached hydrogens (tertiary/aromatic N) is 1. The molecule has 2 atom stereocenters. The molecule has 2 aliphatic rings. The summed E-state index contributed by atoms with van der Waals surface area (Å²) in [6, 6.07) is 1.55. The number of rotatable bonds is 8. The highest BCUT2D eigenvalue weighted by Crippen LogP contribution is 2.36. The molecule has 2 rings (SSSR count). The molecule has 3 heteroatoms. The Morgan fingerprint density at radius 2 is 2.11 bits per heavy atom. The highest BCUT2D eigenvalue weighted by molar-refractivity contribution is 4.94. The smallest absolute Gasteiger partial charge is 0.0462 e. The van der Waals surface area contributed by atoms with Crippen LogP contribution in [0.25, 0.3) is 0 Å². The van der Waals surface area contributed by atoms with Crippen molar-refractivity contribution < 1.29 is 4.74 Å². The fraction of sp³-hybridized carbons (Fsp3) is 1.00. The van der Waals surface area contributed by atoms with E-state index in [0.29, 0.717) is 0 Å². The van der Waals surface area contributed by atoms with Gasteiger partial charge in [-0.2, -0.15) is 0 Å². The lowest BCUT2D eigenvalue weighted by Crippen LogP contribution is -2.57. The Morgan fingerprint density at radius 3 is 2.78 bits per heavy atom. The third-order valence-corrected chi connectivity index (χ3v) is 4.39. The molecule has 2 fully saturated rings. The molecule has 0 amide bonds. The Kier molecular flexibility index (Phi) is 5.93. The Bertz CT molecular complexity index is 231. The summed E-state index contributed by atoms with van der Waals surface area (Å²) in [5.41, 5.74) is 0. The van der Waals surface area contributed by atoms with Crippen molar-refractivity contribution in [3.8, 4) is 0 Å². The van der Waals surface area contributed by atoms with Gasteiger partial charge in [0.25, 0.3) is 0 Å². The summed E-state index contributed by atoms with van der Waals surface area (Å²) >= 11 is 0. The van der Waals surface area contributed by atoms with Gasteiger partial charge in [0.1, 0.15) is 0 Å². The van der Waals surface area contributed by atoms with Gasteiger partial charge < -0.3 is 10.1 Å². The third kappa shape index (κ3) is 4.22. The minimum atomic E-state index is 0.729. The molecule has 1 aliphatic carbocycles. The van der Waals surface area contributed by atoms with Crippen LogP contribution in [0.15, 0.2) is 0 Å². The predicted octanol–water partition coefficient (Wildman–Crippen LogP) is 2.27. The summed E-state index contributed by atoms with van der Waals surface area (Å²) in [6.07, 6.45) is 8.03. The highest BCUT2D eigenvalue weighted by atomic mass is 16.5. The second-order valence-corrected chi connectivity index (χ2v) is 5.99. The highest BCUT2D eigenvalue weighted by Gasteiger charge is 2.38. The van der Waals surface area contributed by atoms with Crippen LogP contribution in [0.2, 0.25) is 0 Å². The van der Waals surface area contributed by atoms with Crippen molar-refractivity contribution in [1.82, 2.24) is 10.2 Å². The van der Waals surface area contributed by atoms with Gasteiger partial charge >= 0.3 is 0 Å². The fourth-order valence-electron chi connectivity index (χ4n) is 3.21. The molecule has 18 heavy (non-hydrogen) atoms. The Labute approximate surface area is 112 Å². The first kappa shape index (κ1) is 14.3. The Hall–Kier alpha value is -0.120. The van der Waals surface area contributed by atoms with E-state index in [1.807, 2.05) is 0 Å². The van der Waals surface area contributed by atoms with Crippen LogP contribution in [0.4, 0.5) is 0 Å². The fourth-order valence-corrected chi connectivity index (χ4v) is 3.21. The summed E-state index contributed by atoms with van der Waals surface area (Å²) in [5, 5.41) is 3.76. The van der Waals surface area contributed by atoms with Crippen LogP contribution < -0.4 is 5.32 Å². The minimum absolute atomic E-state index is 0.729. The molecule has 0 spiro atoms. The van der Waals surface area contributed by atoms with Crippen LogP contribution in [0, 0.1) is 5.92 Å². The van der Waals surface area contributed by atoms with E-state index in [1.165, 1.54) is 58.2 Å². The van der Waals surface area contributed by atoms with Crippen molar-refractivity contribution in [3.63, 3.8) is 0 Å². The first-order chi connectivity index (χ1) is 8.85. The van der Waals surface area contributed by atoms with E-state index in [9.17, 15) is 0 Å². The van der Waals surface area contributed by atoms with Crippen LogP contribution in [0.3, 0.4) is 0 Å². The van der Waals surface area contributed by atoms with Gasteiger partial charge in [0.2, 0.25) is 0 Å². The number of nitrogens with one attached hydrogen (secondary N) is 1. The van der Waals surface area contributed by atoms with Gasteiger partial charge in [-0.1, -0.05) is 13.3 Å². The SMILES string of the molecule is CCCC1CN(CCCCOC)C(C2CC2)CN1. The number of ether oxygens (including phenoxy) is 1. The third-order valence-electron chi connectivity index (χ3n) is 4.39. The van der Waals surface area contributed by atoms with E-state index in [0.717, 1.165) is 24.6 Å². The molecule has 0 bridgehead atoms. The van der Waals surface area contributed by atoms with E-state index >= 15 is 0 Å². The Morgan fingerprint density at radius 1 is 1.28 bits per heavy atom. The second-order valence-electron chi connectivity index (χ2n) is 5.99. The summed E-state index contributed by atoms with van der Waals surface area (Å²) in [7, 11) is 1.80. The molecule has 3 nitrogen and oxygen atoms in total. The normalized spacial score (nSPS) is 29.7. The van der Waals surface area contributed by atoms with Crippen molar-refractivity contribution >= 4 is 0 Å². The molecule has 2 unspecified atom stereocenters. The first-order valence-corrected chi connectivity index (χ1v) is 7.81. The second kappa shape index (κ2) is 7.46. The molecule has 0 aromatic heterocycles. The maximum atomic E-state index is 5.15. The van der Waals surface area contributed by atoms with Crippen molar-refractivity contribution in [2.24, 2.45) is 5.92 Å². The summed E-state index contributed by atoms with van der Waals surface area (Å²) in [6.45, 7) is 6.96. The summed E-state index contributed by atoms with van der Waals surface area (Å²) in [4.78, 5) is 2.77. The molecular formula is C15H30N2O. The van der Waals surface area contributed by atoms with Gasteiger partial charge in [-0.25, -0.2) is 0 Å². The lowest BCUT2D eigenvalue weighted by molar-refractivity contribution is 0.105. The van der Waals surface area contributed by atoms with E-state index < -0.39 is 0 Å². The average Bonchev–Trinajstić information content (AvgIpc) is 3.20. The molecule has 1 saturated heterocycles. The average molecular weight is 254 g/mol. The van der Waals surface area contributed by atoms with E-state index in [-0.39, 0.29) is 0 Å². The van der Waals surface area contributed by atoms with E-state index in [4.69, 9.17) is 4.74 Å². The van der Waals surface area contributed by atoms with Crippen LogP contribution in [0.5, 0.6) is 0 Å². The minimum Gasteiger partial charge on any atom is -0.385 e. The van der Waals surface area contributed by atoms with Gasteiger partial charge in [0.15, 0.2) is 0 Å². The summed E-state index contributed by atoms with van der Waals surface area (Å²) < 4.78 is 5.15. The molecule has 1 aliphatic heterocycles. The molecule has 106 valence electrons. The van der Waals surface area contributed by atoms with Gasteiger partial charge in [0.05, 0.1) is 0 Å². The quantitative estimate of drug-likeness (QED) is 0.673. The van der Waals surface area contributed by atoms with Gasteiger partial charge in [0, 0.05) is 38.9 Å². The maximum Gasteiger partial charge on any atom is 0.0462 e. The van der Waals surface area contributed by atoms with Crippen LogP contribution in [-0.4, -0.2) is 50.3 Å². The zero-order chi connectivity index (χ0) is 12.8. The van der Waals surface area contributed by atoms with Crippen molar-refractivity contribution in [3.05, 3.63) is 0 Å². The molecule has 0 radical (unpaired) electrons. The number of piperazine rings is 1. The predicted molar refractivity (Wildman–Crippen MR) is 75.9 cm³/mol. The van der Waals surface area contributed by atoms with Gasteiger partial charge in [-0.3, -0.25) is 4.90 Å². The molecule has 1 saturated carbocycles. The van der Waals surface area contributed by atoms with Crippen LogP contribution in [-0.2, 0) is 4.74 Å². The number of hydrogen-bond acceptors (Lipinski definition) is 3. The number of unbranched alkanes of at least 4 members (excludes halogenated alkanes) is 1. The van der Waals surface area contributed by atoms with Crippen LogP contribution in [0.1, 0.15) is 45.4 Å². The molecule has 0 aromatic carbocycles. The van der Waals surface area contributed by atoms with Crippen molar-refractivity contribution in [2.45, 2.75) is 57.5 Å². The zero-order valence-electron chi connectivity index (χ0n) is 12.2. The van der Waals surface area contributed by atoms with E-state index in [2.05, 4.69) is 17.1 Å². The topological polar surface area (TPSA) is 24.5 Å². The zero-order valence-corrected chi connectivity index (χ0v) is 12.2. The monoisotopic (exact) mass is 254 g/mol. The first-order valence-electron chi connectivity index (χ1n) is 7.81. The summed E-state index contributed by atoms with van der Waals surface area (Å²) in [5.74, 6) is 0.988. The maximum absolute atomic E-state index is 5.15. The van der Waals surface area contributed by atoms with Gasteiger partial charge in [-0.05, 0) is 44.6 Å². The molecule has 0 aromatic rings. The lowest BCUT2D eigenvalue weighted by Gasteiger charge is -2.41. The standard InChI is InChI=1S/C15H30N2O/c1-3-6-14-12-17(9-4-5-10-18-2)15(11-16-14)13-7-8-13/h13-16H,3-12H2,1-2H3. The van der Waals surface area contributed by atoms with Crippen molar-refractivity contribution in [1.29, 1.82) is 0 Å². The lowest BCUT2D eigenvalue weighted by atomic mass is 10.0. The van der Waals surface area contributed by atoms with Crippen molar-refractivity contribution in [2.75, 3.05) is 33.4 Å². The number of methoxy groups -OCH3 is 1.